The van der Waals surface area contributed by atoms with E-state index < -0.39 is 0 Å². The predicted octanol–water partition coefficient (Wildman–Crippen LogP) is 15.4. The Bertz CT molecular complexity index is 3200. The lowest BCUT2D eigenvalue weighted by Gasteiger charge is -2.19. The second-order valence-corrected chi connectivity index (χ2v) is 14.4. The Morgan fingerprint density at radius 1 is 0.255 bits per heavy atom. The molecule has 256 valence electrons. The van der Waals surface area contributed by atoms with E-state index in [-0.39, 0.29) is 0 Å². The largest absolute Gasteiger partial charge is 0.455 e. The molecular formula is C54H34O. The minimum absolute atomic E-state index is 0.912. The molecule has 0 atom stereocenters. The highest BCUT2D eigenvalue weighted by Crippen LogP contribution is 2.46. The third-order valence-corrected chi connectivity index (χ3v) is 11.3. The van der Waals surface area contributed by atoms with Crippen molar-refractivity contribution in [1.29, 1.82) is 0 Å². The van der Waals surface area contributed by atoms with Gasteiger partial charge in [0.1, 0.15) is 11.2 Å². The molecule has 1 nitrogen and oxygen atoms in total. The van der Waals surface area contributed by atoms with E-state index >= 15 is 0 Å². The molecule has 0 aliphatic heterocycles. The Labute approximate surface area is 319 Å². The molecule has 0 bridgehead atoms. The van der Waals surface area contributed by atoms with E-state index in [0.717, 1.165) is 33.1 Å². The van der Waals surface area contributed by atoms with Crippen LogP contribution in [-0.4, -0.2) is 0 Å². The number of benzene rings is 10. The molecule has 10 aromatic carbocycles. The van der Waals surface area contributed by atoms with Gasteiger partial charge in [-0.2, -0.15) is 0 Å². The van der Waals surface area contributed by atoms with Crippen LogP contribution in [0.15, 0.2) is 211 Å². The Morgan fingerprint density at radius 3 is 1.38 bits per heavy atom. The van der Waals surface area contributed by atoms with Gasteiger partial charge >= 0.3 is 0 Å². The second kappa shape index (κ2) is 12.7. The lowest BCUT2D eigenvalue weighted by Crippen LogP contribution is -1.92. The van der Waals surface area contributed by atoms with Crippen LogP contribution < -0.4 is 0 Å². The van der Waals surface area contributed by atoms with Crippen LogP contribution >= 0.6 is 0 Å². The van der Waals surface area contributed by atoms with Gasteiger partial charge in [0.2, 0.25) is 0 Å². The normalized spacial score (nSPS) is 11.6. The first kappa shape index (κ1) is 31.3. The quantitative estimate of drug-likeness (QED) is 0.163. The van der Waals surface area contributed by atoms with Crippen molar-refractivity contribution in [1.82, 2.24) is 0 Å². The first-order valence-electron chi connectivity index (χ1n) is 18.9. The van der Waals surface area contributed by atoms with E-state index in [0.29, 0.717) is 0 Å². The second-order valence-electron chi connectivity index (χ2n) is 14.4. The van der Waals surface area contributed by atoms with Crippen LogP contribution in [0.25, 0.3) is 110 Å². The molecule has 0 saturated carbocycles. The van der Waals surface area contributed by atoms with Crippen molar-refractivity contribution in [3.05, 3.63) is 206 Å². The number of hydrogen-bond donors (Lipinski definition) is 0. The van der Waals surface area contributed by atoms with Crippen LogP contribution in [0.5, 0.6) is 0 Å². The highest BCUT2D eigenvalue weighted by molar-refractivity contribution is 6.22. The zero-order chi connectivity index (χ0) is 36.3. The monoisotopic (exact) mass is 698 g/mol. The van der Waals surface area contributed by atoms with Crippen molar-refractivity contribution in [2.75, 3.05) is 0 Å². The fourth-order valence-corrected chi connectivity index (χ4v) is 8.84. The van der Waals surface area contributed by atoms with Crippen LogP contribution in [0.3, 0.4) is 0 Å². The predicted molar refractivity (Wildman–Crippen MR) is 233 cm³/mol. The van der Waals surface area contributed by atoms with Gasteiger partial charge in [0.05, 0.1) is 0 Å². The highest BCUT2D eigenvalue weighted by atomic mass is 16.3. The van der Waals surface area contributed by atoms with Crippen molar-refractivity contribution in [3.8, 4) is 55.6 Å². The molecule has 0 saturated heterocycles. The van der Waals surface area contributed by atoms with Crippen LogP contribution in [0.1, 0.15) is 0 Å². The lowest BCUT2D eigenvalue weighted by atomic mass is 9.84. The van der Waals surface area contributed by atoms with Gasteiger partial charge < -0.3 is 4.42 Å². The average Bonchev–Trinajstić information content (AvgIpc) is 3.64. The molecule has 0 radical (unpaired) electrons. The lowest BCUT2D eigenvalue weighted by molar-refractivity contribution is 0.670. The molecule has 0 fully saturated rings. The zero-order valence-electron chi connectivity index (χ0n) is 30.0. The summed E-state index contributed by atoms with van der Waals surface area (Å²) in [5.74, 6) is 0. The van der Waals surface area contributed by atoms with Crippen molar-refractivity contribution in [3.63, 3.8) is 0 Å². The first-order valence-corrected chi connectivity index (χ1v) is 18.9. The van der Waals surface area contributed by atoms with E-state index in [1.165, 1.54) is 76.8 Å². The fraction of sp³-hybridized carbons (Fsp3) is 0. The smallest absolute Gasteiger partial charge is 0.143 e. The van der Waals surface area contributed by atoms with Gasteiger partial charge in [-0.3, -0.25) is 0 Å². The van der Waals surface area contributed by atoms with E-state index in [9.17, 15) is 0 Å². The molecule has 1 heteroatoms. The summed E-state index contributed by atoms with van der Waals surface area (Å²) in [4.78, 5) is 0. The van der Waals surface area contributed by atoms with Crippen molar-refractivity contribution < 1.29 is 4.42 Å². The third-order valence-electron chi connectivity index (χ3n) is 11.3. The molecule has 0 aliphatic carbocycles. The zero-order valence-corrected chi connectivity index (χ0v) is 30.0. The standard InChI is InChI=1S/C54H34O/c1-2-16-36(17-3-1)51-41-22-5-4-15-35(41)31-32-42(51)37-18-12-20-39(33-37)52-45-24-6-8-26-47(45)53(48-27-9-7-25-46(48)52)40-21-13-19-38(34-40)43-28-14-29-49-44-23-10-11-30-50(44)55-54(43)49/h1-34H. The van der Waals surface area contributed by atoms with Crippen LogP contribution in [0.2, 0.25) is 0 Å². The first-order chi connectivity index (χ1) is 27.3. The topological polar surface area (TPSA) is 13.1 Å². The minimum atomic E-state index is 0.912. The molecule has 55 heavy (non-hydrogen) atoms. The summed E-state index contributed by atoms with van der Waals surface area (Å²) < 4.78 is 6.48. The van der Waals surface area contributed by atoms with Gasteiger partial charge in [-0.15, -0.1) is 0 Å². The summed E-state index contributed by atoms with van der Waals surface area (Å²) >= 11 is 0. The fourth-order valence-electron chi connectivity index (χ4n) is 8.84. The Hall–Kier alpha value is -7.22. The average molecular weight is 699 g/mol. The van der Waals surface area contributed by atoms with Gasteiger partial charge in [-0.25, -0.2) is 0 Å². The number of furan rings is 1. The molecule has 0 spiro atoms. The molecule has 1 heterocycles. The van der Waals surface area contributed by atoms with Gasteiger partial charge in [-0.05, 0) is 101 Å². The summed E-state index contributed by atoms with van der Waals surface area (Å²) in [6.45, 7) is 0. The van der Waals surface area contributed by atoms with Gasteiger partial charge in [-0.1, -0.05) is 188 Å². The Kier molecular flexibility index (Phi) is 7.25. The van der Waals surface area contributed by atoms with Crippen molar-refractivity contribution in [2.45, 2.75) is 0 Å². The highest BCUT2D eigenvalue weighted by Gasteiger charge is 2.19. The molecule has 11 rings (SSSR count). The summed E-state index contributed by atoms with van der Waals surface area (Å²) in [7, 11) is 0. The number of fused-ring (bicyclic) bond motifs is 6. The van der Waals surface area contributed by atoms with Gasteiger partial charge in [0, 0.05) is 16.3 Å². The van der Waals surface area contributed by atoms with Crippen LogP contribution in [0.4, 0.5) is 0 Å². The SMILES string of the molecule is c1ccc(-c2c(-c3cccc(-c4c5ccccc5c(-c5cccc(-c6cccc7c6oc6ccccc67)c5)c5ccccc45)c3)ccc3ccccc23)cc1. The maximum atomic E-state index is 6.48. The molecule has 0 unspecified atom stereocenters. The summed E-state index contributed by atoms with van der Waals surface area (Å²) in [5, 5.41) is 9.72. The number of hydrogen-bond acceptors (Lipinski definition) is 1. The Morgan fingerprint density at radius 2 is 0.727 bits per heavy atom. The van der Waals surface area contributed by atoms with E-state index in [2.05, 4.69) is 200 Å². The van der Waals surface area contributed by atoms with Crippen molar-refractivity contribution >= 4 is 54.3 Å². The van der Waals surface area contributed by atoms with Crippen LogP contribution in [0, 0.1) is 0 Å². The number of rotatable bonds is 5. The summed E-state index contributed by atoms with van der Waals surface area (Å²) in [5.41, 5.74) is 13.9. The number of para-hydroxylation sites is 2. The van der Waals surface area contributed by atoms with Gasteiger partial charge in [0.25, 0.3) is 0 Å². The van der Waals surface area contributed by atoms with E-state index in [1.54, 1.807) is 0 Å². The van der Waals surface area contributed by atoms with Crippen LogP contribution in [-0.2, 0) is 0 Å². The van der Waals surface area contributed by atoms with E-state index in [4.69, 9.17) is 4.42 Å². The molecule has 0 amide bonds. The summed E-state index contributed by atoms with van der Waals surface area (Å²) in [6, 6.07) is 74.8. The van der Waals surface area contributed by atoms with Gasteiger partial charge in [0.15, 0.2) is 0 Å². The third kappa shape index (κ3) is 5.09. The molecule has 1 aromatic heterocycles. The molecule has 11 aromatic rings. The maximum absolute atomic E-state index is 6.48. The maximum Gasteiger partial charge on any atom is 0.143 e. The molecule has 0 N–H and O–H groups in total. The molecule has 0 aliphatic rings. The molecular weight excluding hydrogens is 665 g/mol. The summed E-state index contributed by atoms with van der Waals surface area (Å²) in [6.07, 6.45) is 0. The van der Waals surface area contributed by atoms with Crippen molar-refractivity contribution in [2.24, 2.45) is 0 Å². The van der Waals surface area contributed by atoms with E-state index in [1.807, 2.05) is 6.07 Å². The Balaban J connectivity index is 1.12. The minimum Gasteiger partial charge on any atom is -0.455 e.